The molecule has 1 aliphatic heterocycles. The summed E-state index contributed by atoms with van der Waals surface area (Å²) in [4.78, 5) is 0. The first kappa shape index (κ1) is 12.9. The molecule has 2 rings (SSSR count). The van der Waals surface area contributed by atoms with Gasteiger partial charge >= 0.3 is 0 Å². The standard InChI is InChI=1S/C15H21ClO/c1-11(2)4-3-5-12-6-7-13(14(16)10-12)15-8-9-17-15/h6-7,10-11,15H,3-5,8-9H2,1-2H3. The third-order valence-electron chi connectivity index (χ3n) is 3.36. The number of hydrogen-bond donors (Lipinski definition) is 0. The lowest BCUT2D eigenvalue weighted by Gasteiger charge is -2.27. The minimum atomic E-state index is 0.243. The van der Waals surface area contributed by atoms with E-state index in [9.17, 15) is 0 Å². The molecule has 0 saturated carbocycles. The Morgan fingerprint density at radius 1 is 1.41 bits per heavy atom. The predicted molar refractivity (Wildman–Crippen MR) is 72.5 cm³/mol. The maximum Gasteiger partial charge on any atom is 0.0861 e. The van der Waals surface area contributed by atoms with Gasteiger partial charge < -0.3 is 4.74 Å². The molecular formula is C15H21ClO. The summed E-state index contributed by atoms with van der Waals surface area (Å²) < 4.78 is 5.47. The Balaban J connectivity index is 1.93. The first-order valence-corrected chi connectivity index (χ1v) is 6.94. The van der Waals surface area contributed by atoms with Crippen LogP contribution in [0.25, 0.3) is 0 Å². The number of rotatable bonds is 5. The van der Waals surface area contributed by atoms with Gasteiger partial charge in [0.05, 0.1) is 12.7 Å². The monoisotopic (exact) mass is 252 g/mol. The number of aryl methyl sites for hydroxylation is 1. The van der Waals surface area contributed by atoms with E-state index in [0.29, 0.717) is 0 Å². The van der Waals surface area contributed by atoms with Crippen molar-refractivity contribution in [3.63, 3.8) is 0 Å². The fraction of sp³-hybridized carbons (Fsp3) is 0.600. The maximum absolute atomic E-state index is 6.30. The van der Waals surface area contributed by atoms with Crippen molar-refractivity contribution in [1.29, 1.82) is 0 Å². The Bertz CT molecular complexity index is 369. The quantitative estimate of drug-likeness (QED) is 0.733. The third-order valence-corrected chi connectivity index (χ3v) is 3.69. The van der Waals surface area contributed by atoms with Gasteiger partial charge in [-0.2, -0.15) is 0 Å². The second-order valence-corrected chi connectivity index (χ2v) is 5.70. The van der Waals surface area contributed by atoms with E-state index >= 15 is 0 Å². The molecule has 1 aromatic carbocycles. The van der Waals surface area contributed by atoms with Gasteiger partial charge in [-0.3, -0.25) is 0 Å². The lowest BCUT2D eigenvalue weighted by molar-refractivity contribution is -0.0526. The molecule has 0 bridgehead atoms. The van der Waals surface area contributed by atoms with Crippen LogP contribution in [0.2, 0.25) is 5.02 Å². The first-order chi connectivity index (χ1) is 8.16. The normalized spacial score (nSPS) is 19.4. The molecule has 1 fully saturated rings. The van der Waals surface area contributed by atoms with Crippen LogP contribution in [0.3, 0.4) is 0 Å². The fourth-order valence-electron chi connectivity index (χ4n) is 2.18. The van der Waals surface area contributed by atoms with E-state index in [0.717, 1.165) is 36.0 Å². The average molecular weight is 253 g/mol. The molecule has 17 heavy (non-hydrogen) atoms. The van der Waals surface area contributed by atoms with Crippen LogP contribution in [0.4, 0.5) is 0 Å². The van der Waals surface area contributed by atoms with Crippen molar-refractivity contribution in [2.24, 2.45) is 5.92 Å². The highest BCUT2D eigenvalue weighted by Gasteiger charge is 2.22. The molecule has 1 unspecified atom stereocenters. The largest absolute Gasteiger partial charge is 0.373 e. The molecule has 1 nitrogen and oxygen atoms in total. The minimum Gasteiger partial charge on any atom is -0.373 e. The van der Waals surface area contributed by atoms with Gasteiger partial charge in [0.1, 0.15) is 0 Å². The van der Waals surface area contributed by atoms with Crippen LogP contribution in [-0.4, -0.2) is 6.61 Å². The highest BCUT2D eigenvalue weighted by Crippen LogP contribution is 2.34. The van der Waals surface area contributed by atoms with E-state index in [1.54, 1.807) is 0 Å². The van der Waals surface area contributed by atoms with E-state index in [4.69, 9.17) is 16.3 Å². The predicted octanol–water partition coefficient (Wildman–Crippen LogP) is 4.78. The Hall–Kier alpha value is -0.530. The summed E-state index contributed by atoms with van der Waals surface area (Å²) in [7, 11) is 0. The van der Waals surface area contributed by atoms with E-state index in [2.05, 4.69) is 32.0 Å². The van der Waals surface area contributed by atoms with Crippen molar-refractivity contribution in [2.45, 2.75) is 45.6 Å². The van der Waals surface area contributed by atoms with Crippen LogP contribution in [0, 0.1) is 5.92 Å². The van der Waals surface area contributed by atoms with Crippen LogP contribution in [0.1, 0.15) is 50.3 Å². The van der Waals surface area contributed by atoms with Crippen molar-refractivity contribution in [3.8, 4) is 0 Å². The first-order valence-electron chi connectivity index (χ1n) is 6.56. The van der Waals surface area contributed by atoms with E-state index in [1.807, 2.05) is 0 Å². The maximum atomic E-state index is 6.30. The molecule has 0 amide bonds. The van der Waals surface area contributed by atoms with Crippen molar-refractivity contribution < 1.29 is 4.74 Å². The number of benzene rings is 1. The molecule has 1 aromatic rings. The summed E-state index contributed by atoms with van der Waals surface area (Å²) in [6.07, 6.45) is 5.00. The van der Waals surface area contributed by atoms with E-state index < -0.39 is 0 Å². The molecule has 1 heterocycles. The van der Waals surface area contributed by atoms with Gasteiger partial charge in [-0.25, -0.2) is 0 Å². The average Bonchev–Trinajstić information content (AvgIpc) is 2.18. The molecule has 0 radical (unpaired) electrons. The van der Waals surface area contributed by atoms with Crippen molar-refractivity contribution >= 4 is 11.6 Å². The molecule has 1 aliphatic rings. The lowest BCUT2D eigenvalue weighted by Crippen LogP contribution is -2.18. The molecule has 94 valence electrons. The van der Waals surface area contributed by atoms with Gasteiger partial charge in [0.2, 0.25) is 0 Å². The molecule has 2 heteroatoms. The Labute approximate surface area is 109 Å². The smallest absolute Gasteiger partial charge is 0.0861 e. The molecule has 0 aromatic heterocycles. The van der Waals surface area contributed by atoms with E-state index in [-0.39, 0.29) is 6.10 Å². The summed E-state index contributed by atoms with van der Waals surface area (Å²) >= 11 is 6.30. The van der Waals surface area contributed by atoms with E-state index in [1.165, 1.54) is 18.4 Å². The van der Waals surface area contributed by atoms with Gasteiger partial charge in [0.15, 0.2) is 0 Å². The second kappa shape index (κ2) is 5.88. The lowest BCUT2D eigenvalue weighted by atomic mass is 9.98. The Kier molecular flexibility index (Phi) is 4.47. The summed E-state index contributed by atoms with van der Waals surface area (Å²) in [5.74, 6) is 0.785. The fourth-order valence-corrected chi connectivity index (χ4v) is 2.51. The second-order valence-electron chi connectivity index (χ2n) is 5.29. The third kappa shape index (κ3) is 3.46. The molecule has 0 spiro atoms. The van der Waals surface area contributed by atoms with Gasteiger partial charge in [-0.15, -0.1) is 0 Å². The van der Waals surface area contributed by atoms with Crippen LogP contribution in [0.15, 0.2) is 18.2 Å². The highest BCUT2D eigenvalue weighted by atomic mass is 35.5. The highest BCUT2D eigenvalue weighted by molar-refractivity contribution is 6.31. The molecule has 0 N–H and O–H groups in total. The summed E-state index contributed by atoms with van der Waals surface area (Å²) in [5, 5.41) is 0.872. The van der Waals surface area contributed by atoms with Crippen LogP contribution in [0.5, 0.6) is 0 Å². The topological polar surface area (TPSA) is 9.23 Å². The van der Waals surface area contributed by atoms with Crippen LogP contribution < -0.4 is 0 Å². The Morgan fingerprint density at radius 3 is 2.71 bits per heavy atom. The number of ether oxygens (including phenoxy) is 1. The molecule has 0 aliphatic carbocycles. The molecule has 1 saturated heterocycles. The van der Waals surface area contributed by atoms with Crippen molar-refractivity contribution in [3.05, 3.63) is 34.3 Å². The van der Waals surface area contributed by atoms with Gasteiger partial charge in [-0.05, 0) is 36.0 Å². The zero-order valence-corrected chi connectivity index (χ0v) is 11.5. The van der Waals surface area contributed by atoms with Crippen LogP contribution >= 0.6 is 11.6 Å². The van der Waals surface area contributed by atoms with Gasteiger partial charge in [0, 0.05) is 11.4 Å². The van der Waals surface area contributed by atoms with Crippen LogP contribution in [-0.2, 0) is 11.2 Å². The summed E-state index contributed by atoms with van der Waals surface area (Å²) in [6, 6.07) is 6.44. The Morgan fingerprint density at radius 2 is 2.18 bits per heavy atom. The number of halogens is 1. The zero-order valence-electron chi connectivity index (χ0n) is 10.7. The van der Waals surface area contributed by atoms with Gasteiger partial charge in [-0.1, -0.05) is 44.0 Å². The van der Waals surface area contributed by atoms with Gasteiger partial charge in [0.25, 0.3) is 0 Å². The summed E-state index contributed by atoms with van der Waals surface area (Å²) in [6.45, 7) is 5.41. The van der Waals surface area contributed by atoms with Crippen molar-refractivity contribution in [2.75, 3.05) is 6.61 Å². The van der Waals surface area contributed by atoms with Crippen molar-refractivity contribution in [1.82, 2.24) is 0 Å². The minimum absolute atomic E-state index is 0.243. The summed E-state index contributed by atoms with van der Waals surface area (Å²) in [5.41, 5.74) is 2.50. The SMILES string of the molecule is CC(C)CCCc1ccc(C2CCO2)c(Cl)c1. The molecule has 1 atom stereocenters. The zero-order chi connectivity index (χ0) is 12.3. The molecular weight excluding hydrogens is 232 g/mol. The number of hydrogen-bond acceptors (Lipinski definition) is 1.